The molecule has 92 valence electrons. The first-order valence-corrected chi connectivity index (χ1v) is 5.38. The summed E-state index contributed by atoms with van der Waals surface area (Å²) >= 11 is 0. The molecule has 0 radical (unpaired) electrons. The van der Waals surface area contributed by atoms with Crippen molar-refractivity contribution < 1.29 is 14.3 Å². The molecule has 0 saturated heterocycles. The van der Waals surface area contributed by atoms with Crippen LogP contribution in [-0.4, -0.2) is 21.5 Å². The van der Waals surface area contributed by atoms with Crippen LogP contribution in [0.3, 0.4) is 0 Å². The van der Waals surface area contributed by atoms with Gasteiger partial charge in [-0.25, -0.2) is 5.43 Å². The summed E-state index contributed by atoms with van der Waals surface area (Å²) < 4.78 is 3.03. The van der Waals surface area contributed by atoms with Gasteiger partial charge in [0.05, 0.1) is 7.05 Å². The van der Waals surface area contributed by atoms with Gasteiger partial charge in [-0.1, -0.05) is 12.1 Å². The Balaban J connectivity index is 2.11. The van der Waals surface area contributed by atoms with Crippen LogP contribution in [0.25, 0.3) is 0 Å². The number of aryl methyl sites for hydroxylation is 1. The highest BCUT2D eigenvalue weighted by Gasteiger charge is 2.10. The van der Waals surface area contributed by atoms with E-state index in [-0.39, 0.29) is 11.7 Å². The van der Waals surface area contributed by atoms with E-state index >= 15 is 0 Å². The van der Waals surface area contributed by atoms with Gasteiger partial charge in [-0.2, -0.15) is 0 Å². The van der Waals surface area contributed by atoms with Crippen molar-refractivity contribution in [2.75, 3.05) is 5.43 Å². The zero-order valence-corrected chi connectivity index (χ0v) is 10.1. The number of hydrogen-bond donors (Lipinski definition) is 1. The maximum atomic E-state index is 11.9. The number of hydrogen-bond acceptors (Lipinski definition) is 3. The predicted molar refractivity (Wildman–Crippen MR) is 63.5 cm³/mol. The number of nitrogens with one attached hydrogen (secondary N) is 1. The second kappa shape index (κ2) is 4.79. The number of benzene rings is 1. The number of carbonyl (C=O) groups excluding carboxylic acids is 2. The fraction of sp³-hybridized carbons (Fsp3) is 0.167. The summed E-state index contributed by atoms with van der Waals surface area (Å²) in [5.41, 5.74) is 3.70. The molecule has 6 nitrogen and oxygen atoms in total. The van der Waals surface area contributed by atoms with Gasteiger partial charge >= 0.3 is 0 Å². The molecule has 1 heterocycles. The van der Waals surface area contributed by atoms with Gasteiger partial charge in [0, 0.05) is 16.2 Å². The van der Waals surface area contributed by atoms with E-state index in [0.29, 0.717) is 11.1 Å². The number of nitrogens with zero attached hydrogens (tertiary/aromatic N) is 3. The van der Waals surface area contributed by atoms with Crippen molar-refractivity contribution in [1.29, 1.82) is 0 Å². The van der Waals surface area contributed by atoms with Crippen LogP contribution in [0.4, 0.5) is 0 Å². The van der Waals surface area contributed by atoms with Crippen molar-refractivity contribution in [2.45, 2.75) is 6.92 Å². The highest BCUT2D eigenvalue weighted by atomic mass is 16.2. The third-order valence-electron chi connectivity index (χ3n) is 2.43. The molecule has 1 amide bonds. The van der Waals surface area contributed by atoms with Gasteiger partial charge in [0.1, 0.15) is 0 Å². The molecular formula is C12H13N4O2+. The van der Waals surface area contributed by atoms with Crippen LogP contribution < -0.4 is 10.1 Å². The fourth-order valence-electron chi connectivity index (χ4n) is 1.47. The van der Waals surface area contributed by atoms with Gasteiger partial charge < -0.3 is 0 Å². The van der Waals surface area contributed by atoms with Gasteiger partial charge in [-0.3, -0.25) is 9.59 Å². The van der Waals surface area contributed by atoms with E-state index in [1.165, 1.54) is 17.9 Å². The molecule has 1 aromatic heterocycles. The Kier molecular flexibility index (Phi) is 3.18. The smallest absolute Gasteiger partial charge is 0.287 e. The van der Waals surface area contributed by atoms with Crippen molar-refractivity contribution >= 4 is 11.7 Å². The quantitative estimate of drug-likeness (QED) is 0.624. The van der Waals surface area contributed by atoms with Crippen LogP contribution in [0, 0.1) is 0 Å². The Hall–Kier alpha value is -2.50. The lowest BCUT2D eigenvalue weighted by Gasteiger charge is -2.01. The molecule has 0 atom stereocenters. The van der Waals surface area contributed by atoms with Crippen LogP contribution in [0.15, 0.2) is 36.9 Å². The summed E-state index contributed by atoms with van der Waals surface area (Å²) in [4.78, 5) is 23.0. The Bertz CT molecular complexity index is 586. The molecule has 18 heavy (non-hydrogen) atoms. The summed E-state index contributed by atoms with van der Waals surface area (Å²) in [7, 11) is 1.75. The third kappa shape index (κ3) is 2.60. The van der Waals surface area contributed by atoms with E-state index in [0.717, 1.165) is 0 Å². The van der Waals surface area contributed by atoms with Crippen LogP contribution in [0.1, 0.15) is 27.6 Å². The topological polar surface area (TPSA) is 67.9 Å². The lowest BCUT2D eigenvalue weighted by Crippen LogP contribution is -2.46. The van der Waals surface area contributed by atoms with Crippen LogP contribution in [0.5, 0.6) is 0 Å². The molecule has 0 aliphatic carbocycles. The fourth-order valence-corrected chi connectivity index (χ4v) is 1.47. The summed E-state index contributed by atoms with van der Waals surface area (Å²) in [6.07, 6.45) is 3.11. The lowest BCUT2D eigenvalue weighted by molar-refractivity contribution is -0.642. The van der Waals surface area contributed by atoms with Gasteiger partial charge in [0.25, 0.3) is 12.2 Å². The standard InChI is InChI=1S/C12H12N4O2/c1-9(17)10-3-5-11(6-4-10)12(18)14-16-7-13-15(2)8-16/h3-8H,1-2H3/p+1. The Morgan fingerprint density at radius 3 is 2.33 bits per heavy atom. The molecule has 1 aromatic carbocycles. The molecule has 0 aliphatic heterocycles. The van der Waals surface area contributed by atoms with E-state index in [2.05, 4.69) is 10.5 Å². The summed E-state index contributed by atoms with van der Waals surface area (Å²) in [6, 6.07) is 6.49. The second-order valence-corrected chi connectivity index (χ2v) is 3.90. The first-order valence-electron chi connectivity index (χ1n) is 5.38. The van der Waals surface area contributed by atoms with Crippen molar-refractivity contribution in [1.82, 2.24) is 9.78 Å². The summed E-state index contributed by atoms with van der Waals surface area (Å²) in [6.45, 7) is 1.49. The molecule has 0 spiro atoms. The minimum Gasteiger partial charge on any atom is -0.295 e. The van der Waals surface area contributed by atoms with E-state index in [9.17, 15) is 9.59 Å². The normalized spacial score (nSPS) is 10.1. The van der Waals surface area contributed by atoms with Crippen LogP contribution in [0.2, 0.25) is 0 Å². The molecular weight excluding hydrogens is 232 g/mol. The summed E-state index contributed by atoms with van der Waals surface area (Å²) in [5, 5.41) is 3.92. The Labute approximate surface area is 104 Å². The van der Waals surface area contributed by atoms with E-state index in [4.69, 9.17) is 0 Å². The highest BCUT2D eigenvalue weighted by Crippen LogP contribution is 2.04. The first kappa shape index (κ1) is 12.0. The second-order valence-electron chi connectivity index (χ2n) is 3.90. The molecule has 0 aliphatic rings. The molecule has 6 heteroatoms. The monoisotopic (exact) mass is 245 g/mol. The molecule has 0 saturated carbocycles. The van der Waals surface area contributed by atoms with Crippen molar-refractivity contribution in [3.63, 3.8) is 0 Å². The van der Waals surface area contributed by atoms with E-state index in [1.807, 2.05) is 0 Å². The van der Waals surface area contributed by atoms with Gasteiger partial charge in [0.15, 0.2) is 5.78 Å². The van der Waals surface area contributed by atoms with E-state index < -0.39 is 0 Å². The highest BCUT2D eigenvalue weighted by molar-refractivity contribution is 6.00. The van der Waals surface area contributed by atoms with Crippen molar-refractivity contribution in [3.8, 4) is 0 Å². The Morgan fingerprint density at radius 2 is 1.83 bits per heavy atom. The number of rotatable bonds is 3. The number of aromatic nitrogens is 3. The first-order chi connectivity index (χ1) is 8.56. The average molecular weight is 245 g/mol. The molecule has 0 unspecified atom stereocenters. The van der Waals surface area contributed by atoms with Gasteiger partial charge in [0.2, 0.25) is 6.33 Å². The van der Waals surface area contributed by atoms with Crippen molar-refractivity contribution in [2.24, 2.45) is 7.05 Å². The lowest BCUT2D eigenvalue weighted by atomic mass is 10.1. The van der Waals surface area contributed by atoms with Crippen LogP contribution >= 0.6 is 0 Å². The van der Waals surface area contributed by atoms with Crippen LogP contribution in [-0.2, 0) is 7.05 Å². The van der Waals surface area contributed by atoms with Gasteiger partial charge in [-0.05, 0) is 19.1 Å². The minimum absolute atomic E-state index is 0.0245. The van der Waals surface area contributed by atoms with Gasteiger partial charge in [-0.15, -0.1) is 9.36 Å². The zero-order chi connectivity index (χ0) is 13.1. The predicted octanol–water partition coefficient (Wildman–Crippen LogP) is 0.294. The molecule has 0 fully saturated rings. The minimum atomic E-state index is -0.261. The largest absolute Gasteiger partial charge is 0.295 e. The maximum Gasteiger partial charge on any atom is 0.287 e. The maximum absolute atomic E-state index is 11.9. The number of ketones is 1. The van der Waals surface area contributed by atoms with Crippen molar-refractivity contribution in [3.05, 3.63) is 48.0 Å². The number of Topliss-reactive ketones (excluding diaryl/α,β-unsaturated/α-hetero) is 1. The summed E-state index contributed by atoms with van der Waals surface area (Å²) in [5.74, 6) is -0.285. The number of carbonyl (C=O) groups is 2. The Morgan fingerprint density at radius 1 is 1.22 bits per heavy atom. The molecule has 1 N–H and O–H groups in total. The molecule has 0 bridgehead atoms. The average Bonchev–Trinajstić information content (AvgIpc) is 2.75. The molecule has 2 rings (SSSR count). The molecule has 2 aromatic rings. The van der Waals surface area contributed by atoms with E-state index in [1.54, 1.807) is 42.3 Å². The zero-order valence-electron chi connectivity index (χ0n) is 10.1. The number of amides is 1. The third-order valence-corrected chi connectivity index (χ3v) is 2.43. The SMILES string of the molecule is CC(=O)c1ccc(C(=O)N[n+]2cnn(C)c2)cc1.